The third kappa shape index (κ3) is 9.75. The zero-order chi connectivity index (χ0) is 14.5. The van der Waals surface area contributed by atoms with E-state index in [4.69, 9.17) is 4.74 Å². The van der Waals surface area contributed by atoms with E-state index in [0.29, 0.717) is 5.92 Å². The van der Waals surface area contributed by atoms with Gasteiger partial charge < -0.3 is 4.74 Å². The summed E-state index contributed by atoms with van der Waals surface area (Å²) in [4.78, 5) is 11.7. The third-order valence-corrected chi connectivity index (χ3v) is 3.68. The lowest BCUT2D eigenvalue weighted by Crippen LogP contribution is -2.21. The summed E-state index contributed by atoms with van der Waals surface area (Å²) in [5, 5.41) is 0. The molecule has 0 saturated heterocycles. The topological polar surface area (TPSA) is 26.3 Å². The lowest BCUT2D eigenvalue weighted by molar-refractivity contribution is -0.144. The standard InChI is InChI=1S/C17H32O2/c1-5-7-8-9-10-11-12-13-14-16(15(3)4)17(18)19-6-2/h6,15-16H,2,5,7-14H2,1,3-4H3. The highest BCUT2D eigenvalue weighted by Gasteiger charge is 2.22. The molecule has 19 heavy (non-hydrogen) atoms. The van der Waals surface area contributed by atoms with Gasteiger partial charge in [0, 0.05) is 0 Å². The van der Waals surface area contributed by atoms with Crippen LogP contribution < -0.4 is 0 Å². The van der Waals surface area contributed by atoms with Crippen LogP contribution in [0.1, 0.15) is 78.6 Å². The Morgan fingerprint density at radius 3 is 2.05 bits per heavy atom. The summed E-state index contributed by atoms with van der Waals surface area (Å²) in [6.07, 6.45) is 12.6. The highest BCUT2D eigenvalue weighted by molar-refractivity contribution is 5.73. The second kappa shape index (κ2) is 12.3. The number of unbranched alkanes of at least 4 members (excludes halogenated alkanes) is 7. The Hall–Kier alpha value is -0.790. The molecule has 0 aromatic carbocycles. The van der Waals surface area contributed by atoms with Gasteiger partial charge in [0.2, 0.25) is 0 Å². The van der Waals surface area contributed by atoms with Crippen LogP contribution in [0, 0.1) is 11.8 Å². The van der Waals surface area contributed by atoms with Gasteiger partial charge in [-0.2, -0.15) is 0 Å². The van der Waals surface area contributed by atoms with Gasteiger partial charge in [-0.05, 0) is 12.3 Å². The predicted octanol–water partition coefficient (Wildman–Crippen LogP) is 5.48. The van der Waals surface area contributed by atoms with E-state index in [2.05, 4.69) is 27.4 Å². The smallest absolute Gasteiger partial charge is 0.313 e. The minimum Gasteiger partial charge on any atom is -0.435 e. The molecule has 0 heterocycles. The first-order chi connectivity index (χ1) is 9.13. The Balaban J connectivity index is 3.65. The van der Waals surface area contributed by atoms with E-state index in [1.54, 1.807) is 0 Å². The lowest BCUT2D eigenvalue weighted by Gasteiger charge is -2.17. The molecule has 0 aliphatic carbocycles. The molecule has 0 bridgehead atoms. The quantitative estimate of drug-likeness (QED) is 0.266. The average molecular weight is 268 g/mol. The largest absolute Gasteiger partial charge is 0.435 e. The van der Waals surface area contributed by atoms with E-state index in [1.165, 1.54) is 51.2 Å². The van der Waals surface area contributed by atoms with Crippen molar-refractivity contribution in [3.8, 4) is 0 Å². The number of carbonyl (C=O) groups is 1. The fourth-order valence-electron chi connectivity index (χ4n) is 2.39. The molecule has 0 spiro atoms. The maximum absolute atomic E-state index is 11.7. The summed E-state index contributed by atoms with van der Waals surface area (Å²) in [6.45, 7) is 9.86. The van der Waals surface area contributed by atoms with E-state index >= 15 is 0 Å². The van der Waals surface area contributed by atoms with Crippen molar-refractivity contribution >= 4 is 5.97 Å². The molecule has 0 rings (SSSR count). The maximum Gasteiger partial charge on any atom is 0.313 e. The second-order valence-electron chi connectivity index (χ2n) is 5.72. The molecule has 0 saturated carbocycles. The molecule has 112 valence electrons. The summed E-state index contributed by atoms with van der Waals surface area (Å²) in [5.74, 6) is 0.253. The maximum atomic E-state index is 11.7. The first-order valence-electron chi connectivity index (χ1n) is 7.94. The molecule has 0 aliphatic heterocycles. The fourth-order valence-corrected chi connectivity index (χ4v) is 2.39. The highest BCUT2D eigenvalue weighted by Crippen LogP contribution is 2.21. The van der Waals surface area contributed by atoms with Crippen LogP contribution in [0.3, 0.4) is 0 Å². The van der Waals surface area contributed by atoms with E-state index in [-0.39, 0.29) is 11.9 Å². The van der Waals surface area contributed by atoms with Crippen molar-refractivity contribution in [3.05, 3.63) is 12.8 Å². The van der Waals surface area contributed by atoms with Crippen LogP contribution in [0.2, 0.25) is 0 Å². The summed E-state index contributed by atoms with van der Waals surface area (Å²) in [6, 6.07) is 0. The van der Waals surface area contributed by atoms with Gasteiger partial charge in [-0.25, -0.2) is 0 Å². The van der Waals surface area contributed by atoms with Crippen LogP contribution in [0.25, 0.3) is 0 Å². The van der Waals surface area contributed by atoms with Gasteiger partial charge >= 0.3 is 5.97 Å². The minimum absolute atomic E-state index is 0.0260. The van der Waals surface area contributed by atoms with Gasteiger partial charge in [0.15, 0.2) is 0 Å². The number of rotatable bonds is 12. The van der Waals surface area contributed by atoms with Crippen molar-refractivity contribution in [1.82, 2.24) is 0 Å². The molecule has 0 aliphatic rings. The Kier molecular flexibility index (Phi) is 11.7. The SMILES string of the molecule is C=COC(=O)C(CCCCCCCCCC)C(C)C. The Bertz CT molecular complexity index is 233. The fraction of sp³-hybridized carbons (Fsp3) is 0.824. The first-order valence-corrected chi connectivity index (χ1v) is 7.94. The van der Waals surface area contributed by atoms with E-state index in [1.807, 2.05) is 0 Å². The third-order valence-electron chi connectivity index (χ3n) is 3.68. The van der Waals surface area contributed by atoms with E-state index < -0.39 is 0 Å². The summed E-state index contributed by atoms with van der Waals surface area (Å²) < 4.78 is 4.91. The van der Waals surface area contributed by atoms with Crippen molar-refractivity contribution in [2.75, 3.05) is 0 Å². The van der Waals surface area contributed by atoms with E-state index in [0.717, 1.165) is 12.8 Å². The van der Waals surface area contributed by atoms with Crippen LogP contribution in [0.15, 0.2) is 12.8 Å². The Morgan fingerprint density at radius 1 is 1.05 bits per heavy atom. The monoisotopic (exact) mass is 268 g/mol. The van der Waals surface area contributed by atoms with Crippen molar-refractivity contribution in [2.45, 2.75) is 78.6 Å². The van der Waals surface area contributed by atoms with E-state index in [9.17, 15) is 4.79 Å². The molecular weight excluding hydrogens is 236 g/mol. The van der Waals surface area contributed by atoms with Crippen molar-refractivity contribution in [2.24, 2.45) is 11.8 Å². The summed E-state index contributed by atoms with van der Waals surface area (Å²) in [5.41, 5.74) is 0. The van der Waals surface area contributed by atoms with Crippen LogP contribution in [0.5, 0.6) is 0 Å². The number of carbonyl (C=O) groups excluding carboxylic acids is 1. The summed E-state index contributed by atoms with van der Waals surface area (Å²) in [7, 11) is 0. The van der Waals surface area contributed by atoms with Crippen molar-refractivity contribution in [3.63, 3.8) is 0 Å². The molecule has 0 fully saturated rings. The van der Waals surface area contributed by atoms with Gasteiger partial charge in [0.25, 0.3) is 0 Å². The minimum atomic E-state index is -0.118. The zero-order valence-corrected chi connectivity index (χ0v) is 13.1. The van der Waals surface area contributed by atoms with Crippen LogP contribution >= 0.6 is 0 Å². The normalized spacial score (nSPS) is 12.4. The zero-order valence-electron chi connectivity index (χ0n) is 13.1. The number of hydrogen-bond acceptors (Lipinski definition) is 2. The Labute approximate surface area is 119 Å². The number of esters is 1. The highest BCUT2D eigenvalue weighted by atomic mass is 16.5. The molecule has 2 heteroatoms. The predicted molar refractivity (Wildman–Crippen MR) is 81.8 cm³/mol. The average Bonchev–Trinajstić information content (AvgIpc) is 2.36. The van der Waals surface area contributed by atoms with Gasteiger partial charge in [0.05, 0.1) is 12.2 Å². The second-order valence-corrected chi connectivity index (χ2v) is 5.72. The lowest BCUT2D eigenvalue weighted by atomic mass is 9.90. The van der Waals surface area contributed by atoms with Crippen molar-refractivity contribution in [1.29, 1.82) is 0 Å². The molecule has 0 N–H and O–H groups in total. The van der Waals surface area contributed by atoms with Gasteiger partial charge in [-0.15, -0.1) is 0 Å². The Morgan fingerprint density at radius 2 is 1.58 bits per heavy atom. The number of hydrogen-bond donors (Lipinski definition) is 0. The molecule has 0 aromatic rings. The molecule has 0 amide bonds. The van der Waals surface area contributed by atoms with Gasteiger partial charge in [0.1, 0.15) is 0 Å². The molecule has 1 unspecified atom stereocenters. The molecule has 1 atom stereocenters. The van der Waals surface area contributed by atoms with Crippen LogP contribution in [-0.2, 0) is 9.53 Å². The summed E-state index contributed by atoms with van der Waals surface area (Å²) >= 11 is 0. The first kappa shape index (κ1) is 18.2. The van der Waals surface area contributed by atoms with Crippen molar-refractivity contribution < 1.29 is 9.53 Å². The van der Waals surface area contributed by atoms with Gasteiger partial charge in [-0.3, -0.25) is 4.79 Å². The molecular formula is C17H32O2. The molecule has 0 radical (unpaired) electrons. The van der Waals surface area contributed by atoms with Gasteiger partial charge in [-0.1, -0.05) is 78.7 Å². The molecule has 2 nitrogen and oxygen atoms in total. The number of ether oxygens (including phenoxy) is 1. The van der Waals surface area contributed by atoms with Crippen LogP contribution in [-0.4, -0.2) is 5.97 Å². The van der Waals surface area contributed by atoms with Crippen LogP contribution in [0.4, 0.5) is 0 Å². The molecule has 0 aromatic heterocycles.